The van der Waals surface area contributed by atoms with Crippen LogP contribution in [0.3, 0.4) is 0 Å². The smallest absolute Gasteiger partial charge is 0.251 e. The highest BCUT2D eigenvalue weighted by Gasteiger charge is 2.09. The van der Waals surface area contributed by atoms with Crippen LogP contribution in [0.1, 0.15) is 20.9 Å². The number of rotatable bonds is 4. The fourth-order valence-electron chi connectivity index (χ4n) is 1.59. The van der Waals surface area contributed by atoms with Gasteiger partial charge in [0.05, 0.1) is 5.01 Å². The molecule has 18 heavy (non-hydrogen) atoms. The third-order valence-corrected chi connectivity index (χ3v) is 3.88. The van der Waals surface area contributed by atoms with E-state index in [1.807, 2.05) is 30.5 Å². The third kappa shape index (κ3) is 3.40. The van der Waals surface area contributed by atoms with Gasteiger partial charge in [0.2, 0.25) is 0 Å². The maximum atomic E-state index is 12.0. The van der Waals surface area contributed by atoms with E-state index in [1.54, 1.807) is 17.5 Å². The zero-order valence-corrected chi connectivity index (χ0v) is 12.3. The lowest BCUT2D eigenvalue weighted by Crippen LogP contribution is -2.26. The third-order valence-electron chi connectivity index (χ3n) is 2.55. The Morgan fingerprint density at radius 2 is 2.33 bits per heavy atom. The molecule has 1 aromatic carbocycles. The van der Waals surface area contributed by atoms with Crippen LogP contribution in [0.2, 0.25) is 0 Å². The van der Waals surface area contributed by atoms with Crippen molar-refractivity contribution < 1.29 is 4.79 Å². The van der Waals surface area contributed by atoms with Crippen LogP contribution in [-0.2, 0) is 6.42 Å². The highest BCUT2D eigenvalue weighted by molar-refractivity contribution is 9.10. The lowest BCUT2D eigenvalue weighted by Gasteiger charge is -2.07. The van der Waals surface area contributed by atoms with Crippen LogP contribution in [0.5, 0.6) is 0 Å². The minimum absolute atomic E-state index is 0.0367. The Bertz CT molecular complexity index is 540. The molecule has 0 bridgehead atoms. The lowest BCUT2D eigenvalue weighted by molar-refractivity contribution is 0.0953. The van der Waals surface area contributed by atoms with Crippen molar-refractivity contribution in [1.82, 2.24) is 10.3 Å². The summed E-state index contributed by atoms with van der Waals surface area (Å²) in [5.74, 6) is -0.0367. The molecule has 0 radical (unpaired) electrons. The van der Waals surface area contributed by atoms with Crippen LogP contribution in [-0.4, -0.2) is 17.4 Å². The number of nitrogens with zero attached hydrogens (tertiary/aromatic N) is 1. The minimum atomic E-state index is -0.0367. The molecule has 0 unspecified atom stereocenters. The first-order chi connectivity index (χ1) is 8.66. The van der Waals surface area contributed by atoms with Crippen LogP contribution >= 0.6 is 27.3 Å². The molecule has 1 N–H and O–H groups in total. The molecule has 0 aliphatic carbocycles. The van der Waals surface area contributed by atoms with Gasteiger partial charge in [0.25, 0.3) is 5.91 Å². The van der Waals surface area contributed by atoms with E-state index in [9.17, 15) is 4.79 Å². The molecular formula is C13H13BrN2OS. The fraction of sp³-hybridized carbons (Fsp3) is 0.231. The van der Waals surface area contributed by atoms with Crippen molar-refractivity contribution in [2.24, 2.45) is 0 Å². The highest BCUT2D eigenvalue weighted by atomic mass is 79.9. The Hall–Kier alpha value is -1.20. The average molecular weight is 325 g/mol. The summed E-state index contributed by atoms with van der Waals surface area (Å²) in [6.07, 6.45) is 2.55. The number of carbonyl (C=O) groups excluding carboxylic acids is 1. The van der Waals surface area contributed by atoms with E-state index >= 15 is 0 Å². The van der Waals surface area contributed by atoms with E-state index in [4.69, 9.17) is 0 Å². The SMILES string of the molecule is Cc1ccc(Br)cc1C(=O)NCCc1nccs1. The fourth-order valence-corrected chi connectivity index (χ4v) is 2.57. The summed E-state index contributed by atoms with van der Waals surface area (Å²) in [7, 11) is 0. The number of hydrogen-bond donors (Lipinski definition) is 1. The Morgan fingerprint density at radius 1 is 1.50 bits per heavy atom. The summed E-state index contributed by atoms with van der Waals surface area (Å²) in [6, 6.07) is 5.70. The molecule has 0 atom stereocenters. The van der Waals surface area contributed by atoms with Gasteiger partial charge in [-0.15, -0.1) is 11.3 Å². The van der Waals surface area contributed by atoms with Crippen LogP contribution in [0.4, 0.5) is 0 Å². The normalized spacial score (nSPS) is 10.3. The van der Waals surface area contributed by atoms with Crippen LogP contribution < -0.4 is 5.32 Å². The molecule has 0 saturated heterocycles. The van der Waals surface area contributed by atoms with Crippen molar-refractivity contribution in [3.05, 3.63) is 50.4 Å². The zero-order valence-electron chi connectivity index (χ0n) is 9.94. The average Bonchev–Trinajstić information content (AvgIpc) is 2.85. The molecule has 2 aromatic rings. The first kappa shape index (κ1) is 13.2. The number of thiazole rings is 1. The van der Waals surface area contributed by atoms with Crippen molar-refractivity contribution in [2.75, 3.05) is 6.54 Å². The van der Waals surface area contributed by atoms with E-state index in [-0.39, 0.29) is 5.91 Å². The van der Waals surface area contributed by atoms with Gasteiger partial charge in [0.15, 0.2) is 0 Å². The van der Waals surface area contributed by atoms with E-state index in [0.717, 1.165) is 21.5 Å². The maximum Gasteiger partial charge on any atom is 0.251 e. The summed E-state index contributed by atoms with van der Waals surface area (Å²) in [4.78, 5) is 16.2. The molecule has 1 heterocycles. The predicted molar refractivity (Wildman–Crippen MR) is 77.0 cm³/mol. The minimum Gasteiger partial charge on any atom is -0.352 e. The number of halogens is 1. The van der Waals surface area contributed by atoms with Gasteiger partial charge in [-0.1, -0.05) is 22.0 Å². The number of hydrogen-bond acceptors (Lipinski definition) is 3. The zero-order chi connectivity index (χ0) is 13.0. The number of amides is 1. The number of nitrogens with one attached hydrogen (secondary N) is 1. The van der Waals surface area contributed by atoms with Crippen LogP contribution in [0.15, 0.2) is 34.2 Å². The quantitative estimate of drug-likeness (QED) is 0.938. The number of benzene rings is 1. The second-order valence-corrected chi connectivity index (χ2v) is 5.79. The first-order valence-corrected chi connectivity index (χ1v) is 7.27. The topological polar surface area (TPSA) is 42.0 Å². The standard InChI is InChI=1S/C13H13BrN2OS/c1-9-2-3-10(14)8-11(9)13(17)16-5-4-12-15-6-7-18-12/h2-3,6-8H,4-5H2,1H3,(H,16,17). The van der Waals surface area contributed by atoms with Crippen LogP contribution in [0.25, 0.3) is 0 Å². The molecule has 2 rings (SSSR count). The molecule has 0 spiro atoms. The predicted octanol–water partition coefficient (Wildman–Crippen LogP) is 3.19. The molecule has 0 aliphatic heterocycles. The highest BCUT2D eigenvalue weighted by Crippen LogP contribution is 2.15. The molecular weight excluding hydrogens is 312 g/mol. The Balaban J connectivity index is 1.93. The van der Waals surface area contributed by atoms with Crippen molar-refractivity contribution in [1.29, 1.82) is 0 Å². The van der Waals surface area contributed by atoms with Gasteiger partial charge >= 0.3 is 0 Å². The van der Waals surface area contributed by atoms with E-state index in [0.29, 0.717) is 12.1 Å². The molecule has 0 fully saturated rings. The van der Waals surface area contributed by atoms with Gasteiger partial charge in [0.1, 0.15) is 0 Å². The summed E-state index contributed by atoms with van der Waals surface area (Å²) in [5, 5.41) is 5.90. The van der Waals surface area contributed by atoms with Crippen molar-refractivity contribution in [3.63, 3.8) is 0 Å². The van der Waals surface area contributed by atoms with E-state index in [2.05, 4.69) is 26.2 Å². The summed E-state index contributed by atoms with van der Waals surface area (Å²) >= 11 is 4.98. The number of aryl methyl sites for hydroxylation is 1. The van der Waals surface area contributed by atoms with Crippen molar-refractivity contribution >= 4 is 33.2 Å². The molecule has 1 aromatic heterocycles. The Morgan fingerprint density at radius 3 is 3.06 bits per heavy atom. The van der Waals surface area contributed by atoms with Gasteiger partial charge in [-0.3, -0.25) is 4.79 Å². The molecule has 5 heteroatoms. The largest absolute Gasteiger partial charge is 0.352 e. The Kier molecular flexibility index (Phi) is 4.49. The first-order valence-electron chi connectivity index (χ1n) is 5.59. The van der Waals surface area contributed by atoms with E-state index < -0.39 is 0 Å². The van der Waals surface area contributed by atoms with Gasteiger partial charge in [-0.05, 0) is 24.6 Å². The van der Waals surface area contributed by atoms with Crippen LogP contribution in [0, 0.1) is 6.92 Å². The molecule has 1 amide bonds. The summed E-state index contributed by atoms with van der Waals surface area (Å²) < 4.78 is 0.915. The van der Waals surface area contributed by atoms with Gasteiger partial charge in [-0.25, -0.2) is 4.98 Å². The lowest BCUT2D eigenvalue weighted by atomic mass is 10.1. The Labute approximate surface area is 118 Å². The molecule has 94 valence electrons. The van der Waals surface area contributed by atoms with Gasteiger partial charge < -0.3 is 5.32 Å². The molecule has 3 nitrogen and oxygen atoms in total. The van der Waals surface area contributed by atoms with Gasteiger partial charge in [0, 0.05) is 34.6 Å². The molecule has 0 saturated carbocycles. The maximum absolute atomic E-state index is 12.0. The summed E-state index contributed by atoms with van der Waals surface area (Å²) in [6.45, 7) is 2.54. The van der Waals surface area contributed by atoms with Crippen molar-refractivity contribution in [3.8, 4) is 0 Å². The van der Waals surface area contributed by atoms with Gasteiger partial charge in [-0.2, -0.15) is 0 Å². The second-order valence-electron chi connectivity index (χ2n) is 3.89. The number of aromatic nitrogens is 1. The molecule has 0 aliphatic rings. The summed E-state index contributed by atoms with van der Waals surface area (Å²) in [5.41, 5.74) is 1.69. The number of carbonyl (C=O) groups is 1. The monoisotopic (exact) mass is 324 g/mol. The second kappa shape index (κ2) is 6.11. The van der Waals surface area contributed by atoms with Crippen molar-refractivity contribution in [2.45, 2.75) is 13.3 Å². The van der Waals surface area contributed by atoms with E-state index in [1.165, 1.54) is 0 Å².